The molecule has 1 spiro atoms. The third-order valence-corrected chi connectivity index (χ3v) is 6.32. The molecule has 1 unspecified atom stereocenters. The second kappa shape index (κ2) is 7.24. The van der Waals surface area contributed by atoms with Crippen molar-refractivity contribution in [1.82, 2.24) is 4.90 Å². The maximum Gasteiger partial charge on any atom is 0.416 e. The van der Waals surface area contributed by atoms with E-state index in [1.807, 2.05) is 54.6 Å². The molecule has 2 aliphatic heterocycles. The third kappa shape index (κ3) is 3.31. The fourth-order valence-electron chi connectivity index (χ4n) is 4.82. The van der Waals surface area contributed by atoms with Crippen LogP contribution in [0.15, 0.2) is 78.9 Å². The zero-order valence-corrected chi connectivity index (χ0v) is 16.8. The number of para-hydroxylation sites is 2. The molecule has 3 nitrogen and oxygen atoms in total. The van der Waals surface area contributed by atoms with E-state index in [1.165, 1.54) is 12.1 Å². The Morgan fingerprint density at radius 3 is 2.26 bits per heavy atom. The molecule has 3 aromatic rings. The van der Waals surface area contributed by atoms with Crippen molar-refractivity contribution >= 4 is 17.3 Å². The smallest absolute Gasteiger partial charge is 0.298 e. The van der Waals surface area contributed by atoms with Crippen molar-refractivity contribution in [3.8, 4) is 0 Å². The first kappa shape index (κ1) is 19.8. The Balaban J connectivity index is 1.42. The maximum absolute atomic E-state index is 13.7. The van der Waals surface area contributed by atoms with Crippen molar-refractivity contribution in [2.45, 2.75) is 24.6 Å². The summed E-state index contributed by atoms with van der Waals surface area (Å²) in [7, 11) is 0. The lowest BCUT2D eigenvalue weighted by molar-refractivity contribution is -0.137. The van der Waals surface area contributed by atoms with E-state index in [-0.39, 0.29) is 5.91 Å². The lowest BCUT2D eigenvalue weighted by Gasteiger charge is -2.25. The monoisotopic (exact) mass is 422 g/mol. The van der Waals surface area contributed by atoms with Gasteiger partial charge in [-0.15, -0.1) is 0 Å². The Morgan fingerprint density at radius 2 is 1.55 bits per heavy atom. The number of hydrogen-bond donors (Lipinski definition) is 0. The molecule has 1 saturated heterocycles. The number of likely N-dealkylation sites (tertiary alicyclic amines) is 1. The number of anilines is 2. The summed E-state index contributed by atoms with van der Waals surface area (Å²) in [5.74, 6) is 0.0646. The molecule has 158 valence electrons. The first-order chi connectivity index (χ1) is 14.9. The van der Waals surface area contributed by atoms with Crippen molar-refractivity contribution in [1.29, 1.82) is 0 Å². The van der Waals surface area contributed by atoms with Crippen LogP contribution in [0.25, 0.3) is 0 Å². The van der Waals surface area contributed by atoms with E-state index >= 15 is 0 Å². The lowest BCUT2D eigenvalue weighted by Crippen LogP contribution is -2.40. The number of carbonyl (C=O) groups excluding carboxylic acids is 1. The second-order valence-electron chi connectivity index (χ2n) is 8.23. The topological polar surface area (TPSA) is 23.6 Å². The molecule has 0 radical (unpaired) electrons. The molecule has 5 rings (SSSR count). The third-order valence-electron chi connectivity index (χ3n) is 6.32. The molecule has 31 heavy (non-hydrogen) atoms. The average Bonchev–Trinajstić information content (AvgIpc) is 3.29. The van der Waals surface area contributed by atoms with Gasteiger partial charge in [-0.2, -0.15) is 13.2 Å². The summed E-state index contributed by atoms with van der Waals surface area (Å²) < 4.78 is 38.5. The molecule has 0 saturated carbocycles. The van der Waals surface area contributed by atoms with Crippen LogP contribution in [-0.2, 0) is 22.9 Å². The summed E-state index contributed by atoms with van der Waals surface area (Å²) in [6.45, 7) is 1.78. The van der Waals surface area contributed by atoms with Gasteiger partial charge >= 0.3 is 6.18 Å². The van der Waals surface area contributed by atoms with Crippen LogP contribution in [0.2, 0.25) is 0 Å². The number of amides is 1. The van der Waals surface area contributed by atoms with Gasteiger partial charge in [-0.05, 0) is 54.4 Å². The minimum absolute atomic E-state index is 0.0646. The highest BCUT2D eigenvalue weighted by atomic mass is 19.4. The molecule has 0 aliphatic carbocycles. The van der Waals surface area contributed by atoms with E-state index in [0.29, 0.717) is 26.1 Å². The van der Waals surface area contributed by atoms with Gasteiger partial charge in [0.25, 0.3) is 0 Å². The van der Waals surface area contributed by atoms with Gasteiger partial charge in [-0.25, -0.2) is 0 Å². The molecule has 1 atom stereocenters. The number of fused-ring (bicyclic) bond motifs is 2. The highest BCUT2D eigenvalue weighted by Gasteiger charge is 2.54. The highest BCUT2D eigenvalue weighted by Crippen LogP contribution is 2.50. The van der Waals surface area contributed by atoms with Gasteiger partial charge in [0.05, 0.1) is 16.7 Å². The number of carbonyl (C=O) groups is 1. The van der Waals surface area contributed by atoms with Crippen LogP contribution in [0.3, 0.4) is 0 Å². The fraction of sp³-hybridized carbons (Fsp3) is 0.240. The lowest BCUT2D eigenvalue weighted by atomic mass is 9.81. The number of nitrogens with zero attached hydrogens (tertiary/aromatic N) is 2. The summed E-state index contributed by atoms with van der Waals surface area (Å²) in [5.41, 5.74) is 2.32. The summed E-state index contributed by atoms with van der Waals surface area (Å²) in [5, 5.41) is 0. The molecule has 0 N–H and O–H groups in total. The van der Waals surface area contributed by atoms with Crippen LogP contribution in [0.5, 0.6) is 0 Å². The van der Waals surface area contributed by atoms with Crippen LogP contribution in [0, 0.1) is 0 Å². The molecular formula is C25H21F3N2O. The molecule has 0 bridgehead atoms. The number of halogens is 3. The van der Waals surface area contributed by atoms with Crippen molar-refractivity contribution < 1.29 is 18.0 Å². The Kier molecular flexibility index (Phi) is 4.63. The van der Waals surface area contributed by atoms with Gasteiger partial charge in [0.2, 0.25) is 5.91 Å². The first-order valence-corrected chi connectivity index (χ1v) is 10.3. The Morgan fingerprint density at radius 1 is 0.871 bits per heavy atom. The normalized spacial score (nSPS) is 21.1. The fourth-order valence-corrected chi connectivity index (χ4v) is 4.82. The molecular weight excluding hydrogens is 401 g/mol. The predicted octanol–water partition coefficient (Wildman–Crippen LogP) is 5.53. The molecule has 0 aromatic heterocycles. The number of hydrogen-bond acceptors (Lipinski definition) is 2. The summed E-state index contributed by atoms with van der Waals surface area (Å²) in [6, 6.07) is 22.8. The minimum atomic E-state index is -4.34. The number of rotatable bonds is 3. The number of benzene rings is 3. The average molecular weight is 422 g/mol. The van der Waals surface area contributed by atoms with Crippen LogP contribution >= 0.6 is 0 Å². The summed E-state index contributed by atoms with van der Waals surface area (Å²) in [4.78, 5) is 17.7. The van der Waals surface area contributed by atoms with E-state index < -0.39 is 17.2 Å². The van der Waals surface area contributed by atoms with E-state index in [9.17, 15) is 18.0 Å². The molecule has 2 heterocycles. The molecule has 1 fully saturated rings. The van der Waals surface area contributed by atoms with Gasteiger partial charge in [-0.3, -0.25) is 14.6 Å². The Hall–Kier alpha value is -3.12. The van der Waals surface area contributed by atoms with Crippen molar-refractivity contribution in [2.24, 2.45) is 0 Å². The van der Waals surface area contributed by atoms with E-state index in [0.717, 1.165) is 34.6 Å². The van der Waals surface area contributed by atoms with Gasteiger partial charge in [0.1, 0.15) is 0 Å². The highest BCUT2D eigenvalue weighted by molar-refractivity contribution is 6.13. The van der Waals surface area contributed by atoms with Crippen LogP contribution < -0.4 is 4.90 Å². The van der Waals surface area contributed by atoms with Crippen molar-refractivity contribution in [3.05, 3.63) is 95.6 Å². The van der Waals surface area contributed by atoms with Gasteiger partial charge in [0, 0.05) is 18.8 Å². The van der Waals surface area contributed by atoms with Gasteiger partial charge in [-0.1, -0.05) is 48.5 Å². The predicted molar refractivity (Wildman–Crippen MR) is 113 cm³/mol. The SMILES string of the molecule is O=C1N(c2ccccc2)c2ccccc2C12CCN(Cc1ccc(C(F)(F)F)cc1)C2. The molecule has 1 amide bonds. The van der Waals surface area contributed by atoms with Crippen LogP contribution in [-0.4, -0.2) is 23.9 Å². The Bertz CT molecular complexity index is 1110. The quantitative estimate of drug-likeness (QED) is 0.554. The van der Waals surface area contributed by atoms with Gasteiger partial charge < -0.3 is 0 Å². The van der Waals surface area contributed by atoms with Crippen LogP contribution in [0.4, 0.5) is 24.5 Å². The van der Waals surface area contributed by atoms with Crippen LogP contribution in [0.1, 0.15) is 23.1 Å². The molecule has 3 aromatic carbocycles. The zero-order chi connectivity index (χ0) is 21.6. The van der Waals surface area contributed by atoms with E-state index in [2.05, 4.69) is 4.90 Å². The Labute approximate surface area is 178 Å². The van der Waals surface area contributed by atoms with Gasteiger partial charge in [0.15, 0.2) is 0 Å². The second-order valence-corrected chi connectivity index (χ2v) is 8.23. The summed E-state index contributed by atoms with van der Waals surface area (Å²) in [6.07, 6.45) is -3.65. The zero-order valence-electron chi connectivity index (χ0n) is 16.8. The summed E-state index contributed by atoms with van der Waals surface area (Å²) >= 11 is 0. The number of alkyl halides is 3. The first-order valence-electron chi connectivity index (χ1n) is 10.3. The largest absolute Gasteiger partial charge is 0.416 e. The standard InChI is InChI=1S/C25H21F3N2O/c26-25(27,28)19-12-10-18(11-13-19)16-29-15-14-24(17-29)21-8-4-5-9-22(21)30(23(24)31)20-6-2-1-3-7-20/h1-13H,14-17H2. The molecule has 2 aliphatic rings. The minimum Gasteiger partial charge on any atom is -0.298 e. The van der Waals surface area contributed by atoms with Crippen molar-refractivity contribution in [3.63, 3.8) is 0 Å². The molecule has 6 heteroatoms. The van der Waals surface area contributed by atoms with E-state index in [4.69, 9.17) is 0 Å². The van der Waals surface area contributed by atoms with Crippen molar-refractivity contribution in [2.75, 3.05) is 18.0 Å². The maximum atomic E-state index is 13.7. The van der Waals surface area contributed by atoms with E-state index in [1.54, 1.807) is 4.90 Å².